The summed E-state index contributed by atoms with van der Waals surface area (Å²) in [6, 6.07) is 20.8. The van der Waals surface area contributed by atoms with Gasteiger partial charge in [-0.2, -0.15) is 0 Å². The van der Waals surface area contributed by atoms with Crippen molar-refractivity contribution >= 4 is 30.8 Å². The molecule has 3 heteroatoms. The van der Waals surface area contributed by atoms with Crippen molar-refractivity contribution in [1.29, 1.82) is 0 Å². The van der Waals surface area contributed by atoms with Crippen LogP contribution in [0.15, 0.2) is 66.2 Å². The Morgan fingerprint density at radius 2 is 1.68 bits per heavy atom. The van der Waals surface area contributed by atoms with E-state index in [9.17, 15) is 4.79 Å². The molecule has 0 bridgehead atoms. The first-order valence-electron chi connectivity index (χ1n) is 8.95. The van der Waals surface area contributed by atoms with Gasteiger partial charge in [-0.25, -0.2) is 0 Å². The summed E-state index contributed by atoms with van der Waals surface area (Å²) in [7, 11) is 0. The number of hydrogen-bond donors (Lipinski definition) is 0. The van der Waals surface area contributed by atoms with E-state index in [-0.39, 0.29) is 6.10 Å². The Morgan fingerprint density at radius 3 is 2.44 bits per heavy atom. The van der Waals surface area contributed by atoms with Crippen molar-refractivity contribution in [2.75, 3.05) is 6.61 Å². The van der Waals surface area contributed by atoms with E-state index in [0.29, 0.717) is 33.1 Å². The first-order valence-corrected chi connectivity index (χ1v) is 11.0. The number of ether oxygens (including phenoxy) is 1. The summed E-state index contributed by atoms with van der Waals surface area (Å²) >= 11 is 0.460. The molecule has 0 N–H and O–H groups in total. The summed E-state index contributed by atoms with van der Waals surface area (Å²) in [6.07, 6.45) is 2.96. The second-order valence-electron chi connectivity index (χ2n) is 6.62. The topological polar surface area (TPSA) is 26.3 Å². The maximum absolute atomic E-state index is 12.5. The Kier molecular flexibility index (Phi) is 5.17. The Balaban J connectivity index is 1.43. The molecule has 2 atom stereocenters. The third kappa shape index (κ3) is 3.64. The van der Waals surface area contributed by atoms with Gasteiger partial charge in [0, 0.05) is 0 Å². The molecule has 0 aromatic heterocycles. The first kappa shape index (κ1) is 16.8. The van der Waals surface area contributed by atoms with E-state index >= 15 is 0 Å². The van der Waals surface area contributed by atoms with Gasteiger partial charge < -0.3 is 0 Å². The molecule has 2 nitrogen and oxygen atoms in total. The molecule has 0 spiro atoms. The van der Waals surface area contributed by atoms with Gasteiger partial charge in [0.1, 0.15) is 0 Å². The third-order valence-electron chi connectivity index (χ3n) is 5.04. The van der Waals surface area contributed by atoms with Crippen LogP contribution in [0.2, 0.25) is 5.32 Å². The van der Waals surface area contributed by atoms with Gasteiger partial charge in [-0.3, -0.25) is 0 Å². The average Bonchev–Trinajstić information content (AvgIpc) is 3.18. The van der Waals surface area contributed by atoms with Crippen LogP contribution < -0.4 is 4.46 Å². The number of allylic oxidation sites excluding steroid dienone is 1. The van der Waals surface area contributed by atoms with Crippen LogP contribution in [0.1, 0.15) is 24.8 Å². The van der Waals surface area contributed by atoms with E-state index in [1.165, 1.54) is 10.0 Å². The van der Waals surface area contributed by atoms with Crippen LogP contribution in [0.4, 0.5) is 0 Å². The van der Waals surface area contributed by atoms with Gasteiger partial charge in [0.2, 0.25) is 0 Å². The van der Waals surface area contributed by atoms with Crippen molar-refractivity contribution in [2.24, 2.45) is 5.92 Å². The zero-order valence-corrected chi connectivity index (χ0v) is 15.9. The quantitative estimate of drug-likeness (QED) is 0.550. The standard InChI is InChI=1S/C22H22O2Se/c23-19-15-17-11-12-20(22(17)21(19)16-7-3-1-4-8-16)24-13-14-25-18-9-5-2-6-10-18/h1-10,17,20H,11-15H2/t17-,20+/m0/s1. The van der Waals surface area contributed by atoms with E-state index in [0.717, 1.165) is 35.9 Å². The monoisotopic (exact) mass is 398 g/mol. The van der Waals surface area contributed by atoms with Gasteiger partial charge in [-0.05, 0) is 0 Å². The SMILES string of the molecule is O=C1C[C@@H]2CC[C@@H](OCC[Se]c3ccccc3)C2=C1c1ccccc1. The fourth-order valence-corrected chi connectivity index (χ4v) is 5.57. The van der Waals surface area contributed by atoms with Crippen LogP contribution in [0.25, 0.3) is 5.57 Å². The van der Waals surface area contributed by atoms with Gasteiger partial charge in [0.15, 0.2) is 0 Å². The fraction of sp³-hybridized carbons (Fsp3) is 0.318. The van der Waals surface area contributed by atoms with Gasteiger partial charge in [0.05, 0.1) is 0 Å². The normalized spacial score (nSPS) is 22.5. The van der Waals surface area contributed by atoms with Crippen LogP contribution in [0.5, 0.6) is 0 Å². The average molecular weight is 397 g/mol. The second kappa shape index (κ2) is 7.70. The molecule has 128 valence electrons. The summed E-state index contributed by atoms with van der Waals surface area (Å²) in [5.41, 5.74) is 3.29. The van der Waals surface area contributed by atoms with E-state index in [1.807, 2.05) is 18.2 Å². The van der Waals surface area contributed by atoms with Crippen molar-refractivity contribution in [1.82, 2.24) is 0 Å². The summed E-state index contributed by atoms with van der Waals surface area (Å²) in [4.78, 5) is 12.5. The third-order valence-corrected chi connectivity index (χ3v) is 7.09. The van der Waals surface area contributed by atoms with E-state index < -0.39 is 0 Å². The molecule has 0 unspecified atom stereocenters. The molecule has 0 saturated heterocycles. The maximum atomic E-state index is 12.5. The molecule has 2 aliphatic carbocycles. The molecule has 25 heavy (non-hydrogen) atoms. The van der Waals surface area contributed by atoms with Gasteiger partial charge in [-0.1, -0.05) is 0 Å². The number of carbonyl (C=O) groups is 1. The minimum atomic E-state index is 0.137. The summed E-state index contributed by atoms with van der Waals surface area (Å²) in [6.45, 7) is 0.784. The zero-order chi connectivity index (χ0) is 17.1. The predicted molar refractivity (Wildman–Crippen MR) is 102 cm³/mol. The van der Waals surface area contributed by atoms with Crippen molar-refractivity contribution < 1.29 is 9.53 Å². The second-order valence-corrected chi connectivity index (χ2v) is 9.07. The number of ketones is 1. The molecule has 0 radical (unpaired) electrons. The fourth-order valence-electron chi connectivity index (χ4n) is 3.96. The number of rotatable bonds is 6. The molecule has 0 amide bonds. The zero-order valence-electron chi connectivity index (χ0n) is 14.2. The first-order chi connectivity index (χ1) is 12.3. The van der Waals surface area contributed by atoms with Crippen LogP contribution >= 0.6 is 0 Å². The molecule has 4 rings (SSSR count). The number of Topliss-reactive ketones (excluding diaryl/α,β-unsaturated/α-hetero) is 1. The van der Waals surface area contributed by atoms with Crippen molar-refractivity contribution in [3.63, 3.8) is 0 Å². The predicted octanol–water partition coefficient (Wildman–Crippen LogP) is 3.66. The van der Waals surface area contributed by atoms with E-state index in [2.05, 4.69) is 42.5 Å². The molecular weight excluding hydrogens is 375 g/mol. The number of fused-ring (bicyclic) bond motifs is 1. The number of carbonyl (C=O) groups excluding carboxylic acids is 1. The Hall–Kier alpha value is -1.67. The Morgan fingerprint density at radius 1 is 0.960 bits per heavy atom. The van der Waals surface area contributed by atoms with Crippen molar-refractivity contribution in [3.05, 3.63) is 71.8 Å². The molecule has 1 saturated carbocycles. The Bertz CT molecular complexity index is 767. The van der Waals surface area contributed by atoms with Crippen LogP contribution in [0.3, 0.4) is 0 Å². The van der Waals surface area contributed by atoms with Gasteiger partial charge in [0.25, 0.3) is 0 Å². The van der Waals surface area contributed by atoms with Crippen molar-refractivity contribution in [2.45, 2.75) is 30.7 Å². The molecule has 2 aliphatic rings. The summed E-state index contributed by atoms with van der Waals surface area (Å²) in [5.74, 6) is 0.709. The van der Waals surface area contributed by atoms with Crippen LogP contribution in [0, 0.1) is 5.92 Å². The number of hydrogen-bond acceptors (Lipinski definition) is 2. The molecule has 0 heterocycles. The molecule has 2 aromatic rings. The minimum absolute atomic E-state index is 0.137. The van der Waals surface area contributed by atoms with E-state index in [4.69, 9.17) is 4.74 Å². The molecular formula is C22H22O2Se. The summed E-state index contributed by atoms with van der Waals surface area (Å²) < 4.78 is 7.66. The van der Waals surface area contributed by atoms with E-state index in [1.54, 1.807) is 0 Å². The molecule has 1 fully saturated rings. The Labute approximate surface area is 155 Å². The number of benzene rings is 2. The van der Waals surface area contributed by atoms with Crippen molar-refractivity contribution in [3.8, 4) is 0 Å². The molecule has 0 aliphatic heterocycles. The molecule has 2 aromatic carbocycles. The van der Waals surface area contributed by atoms with Gasteiger partial charge >= 0.3 is 155 Å². The van der Waals surface area contributed by atoms with Gasteiger partial charge in [-0.15, -0.1) is 0 Å². The van der Waals surface area contributed by atoms with Crippen LogP contribution in [-0.2, 0) is 9.53 Å². The summed E-state index contributed by atoms with van der Waals surface area (Å²) in [5, 5.41) is 1.08. The van der Waals surface area contributed by atoms with Crippen LogP contribution in [-0.4, -0.2) is 33.5 Å².